The molecule has 0 spiro atoms. The number of hydrogen-bond acceptors (Lipinski definition) is 13. The van der Waals surface area contributed by atoms with Crippen molar-refractivity contribution in [2.24, 2.45) is 29.6 Å². The molecule has 4 aliphatic rings. The van der Waals surface area contributed by atoms with Crippen LogP contribution in [0.2, 0.25) is 0 Å². The Morgan fingerprint density at radius 1 is 0.857 bits per heavy atom. The minimum absolute atomic E-state index is 0.0686. The Kier molecular flexibility index (Phi) is 8.33. The van der Waals surface area contributed by atoms with E-state index in [4.69, 9.17) is 18.9 Å². The molecule has 2 aromatic carbocycles. The number of ether oxygens (including phenoxy) is 4. The number of nitrogens with one attached hydrogen (secondary N) is 1. The van der Waals surface area contributed by atoms with E-state index in [2.05, 4.69) is 5.32 Å². The number of carbonyl (C=O) groups excluding carboxylic acids is 3. The SMILES string of the molecule is CO[C@H]1/C=C/O[C@@]2(C)Oc3c(C)c(O)c4c5c(c(O)c(O)c4c3C2=O)NC(=O)[C@](C)(CC(=O)[C@@H]2C[C@@H]2[C@H](O)[C@@H](C)[C@@H](O)[C@@H](C)[C@H](O)[C@@H]1C)O5. The maximum atomic E-state index is 14.0. The zero-order valence-electron chi connectivity index (χ0n) is 28.3. The summed E-state index contributed by atoms with van der Waals surface area (Å²) in [5.41, 5.74) is -2.39. The van der Waals surface area contributed by atoms with Crippen LogP contribution in [-0.4, -0.2) is 91.0 Å². The van der Waals surface area contributed by atoms with E-state index in [1.807, 2.05) is 0 Å². The Bertz CT molecular complexity index is 1790. The number of benzene rings is 2. The average Bonchev–Trinajstić information content (AvgIpc) is 3.82. The van der Waals surface area contributed by atoms with Crippen molar-refractivity contribution in [1.82, 2.24) is 0 Å². The number of aromatic hydroxyl groups is 3. The van der Waals surface area contributed by atoms with E-state index in [9.17, 15) is 45.0 Å². The van der Waals surface area contributed by atoms with Gasteiger partial charge in [-0.25, -0.2) is 0 Å². The molecule has 1 fully saturated rings. The van der Waals surface area contributed by atoms with Crippen molar-refractivity contribution in [3.8, 4) is 28.7 Å². The maximum absolute atomic E-state index is 14.0. The molecule has 14 heteroatoms. The van der Waals surface area contributed by atoms with Gasteiger partial charge in [-0.2, -0.15) is 0 Å². The fourth-order valence-corrected chi connectivity index (χ4v) is 7.60. The van der Waals surface area contributed by atoms with E-state index in [-0.39, 0.29) is 39.1 Å². The fourth-order valence-electron chi connectivity index (χ4n) is 7.60. The molecule has 7 N–H and O–H groups in total. The van der Waals surface area contributed by atoms with E-state index in [1.165, 1.54) is 40.2 Å². The first kappa shape index (κ1) is 34.7. The molecule has 49 heavy (non-hydrogen) atoms. The van der Waals surface area contributed by atoms with Gasteiger partial charge in [0.2, 0.25) is 0 Å². The van der Waals surface area contributed by atoms with Gasteiger partial charge >= 0.3 is 5.79 Å². The number of ketones is 2. The predicted octanol–water partition coefficient (Wildman–Crippen LogP) is 2.79. The van der Waals surface area contributed by atoms with Crippen LogP contribution in [0.25, 0.3) is 10.8 Å². The molecule has 1 saturated carbocycles. The predicted molar refractivity (Wildman–Crippen MR) is 172 cm³/mol. The van der Waals surface area contributed by atoms with Crippen LogP contribution in [0.3, 0.4) is 0 Å². The first-order chi connectivity index (χ1) is 22.9. The van der Waals surface area contributed by atoms with Crippen LogP contribution in [0.4, 0.5) is 5.69 Å². The van der Waals surface area contributed by atoms with Crippen LogP contribution in [0, 0.1) is 36.5 Å². The summed E-state index contributed by atoms with van der Waals surface area (Å²) in [5.74, 6) is -9.78. The summed E-state index contributed by atoms with van der Waals surface area (Å²) in [4.78, 5) is 41.0. The summed E-state index contributed by atoms with van der Waals surface area (Å²) in [7, 11) is 1.42. The maximum Gasteiger partial charge on any atom is 0.312 e. The van der Waals surface area contributed by atoms with Crippen LogP contribution in [0.5, 0.6) is 28.7 Å². The second-order valence-corrected chi connectivity index (χ2v) is 14.3. The third-order valence-electron chi connectivity index (χ3n) is 11.0. The summed E-state index contributed by atoms with van der Waals surface area (Å²) in [6.07, 6.45) is -1.66. The van der Waals surface area contributed by atoms with Gasteiger partial charge in [0.15, 0.2) is 22.8 Å². The van der Waals surface area contributed by atoms with Crippen LogP contribution < -0.4 is 14.8 Å². The zero-order chi connectivity index (χ0) is 36.1. The number of hydrogen-bond donors (Lipinski definition) is 7. The highest BCUT2D eigenvalue weighted by Crippen LogP contribution is 2.59. The molecule has 11 atom stereocenters. The lowest BCUT2D eigenvalue weighted by atomic mass is 9.79. The first-order valence-corrected chi connectivity index (χ1v) is 16.3. The number of phenolic OH excluding ortho intramolecular Hbond substituents is 3. The number of Topliss-reactive ketones (excluding diaryl/α,β-unsaturated/α-hetero) is 2. The molecule has 0 aromatic heterocycles. The van der Waals surface area contributed by atoms with Gasteiger partial charge < -0.3 is 54.9 Å². The van der Waals surface area contributed by atoms with E-state index < -0.39 is 107 Å². The van der Waals surface area contributed by atoms with Crippen molar-refractivity contribution in [3.05, 3.63) is 23.5 Å². The first-order valence-electron chi connectivity index (χ1n) is 16.3. The van der Waals surface area contributed by atoms with E-state index in [1.54, 1.807) is 20.8 Å². The molecular formula is C35H43NO13. The van der Waals surface area contributed by atoms with E-state index >= 15 is 0 Å². The lowest BCUT2D eigenvalue weighted by Crippen LogP contribution is -2.50. The molecule has 0 saturated heterocycles. The van der Waals surface area contributed by atoms with Crippen LogP contribution >= 0.6 is 0 Å². The molecule has 3 aliphatic heterocycles. The minimum atomic E-state index is -2.02. The standard InChI is InChI=1S/C35H43NO13/c1-12-19(46-7)8-9-47-35(6)32(44)22-20-21(27(41)15(4)30(22)49-35)31-23(29(43)28(20)42)36-33(45)34(5,48-31)11-18(37)16-10-17(16)26(40)14(3)25(39)13(2)24(12)38/h8-9,12-14,16-17,19,24-26,38-43H,10-11H2,1-7H3,(H,36,45)/b9-8+/t12-,13+,14+,16-,17+,19+,24-,25+,26-,34+,35+/m1/s1. The summed E-state index contributed by atoms with van der Waals surface area (Å²) >= 11 is 0. The van der Waals surface area contributed by atoms with Crippen molar-refractivity contribution >= 4 is 33.9 Å². The second-order valence-electron chi connectivity index (χ2n) is 14.3. The average molecular weight is 686 g/mol. The van der Waals surface area contributed by atoms with Crippen molar-refractivity contribution in [3.63, 3.8) is 0 Å². The number of aliphatic hydroxyl groups is 3. The van der Waals surface area contributed by atoms with Crippen molar-refractivity contribution in [1.29, 1.82) is 0 Å². The summed E-state index contributed by atoms with van der Waals surface area (Å²) < 4.78 is 23.5. The van der Waals surface area contributed by atoms with Crippen molar-refractivity contribution in [2.75, 3.05) is 12.4 Å². The van der Waals surface area contributed by atoms with Gasteiger partial charge in [-0.1, -0.05) is 20.8 Å². The molecule has 6 rings (SSSR count). The third kappa shape index (κ3) is 5.18. The van der Waals surface area contributed by atoms with Gasteiger partial charge in [0.25, 0.3) is 11.7 Å². The summed E-state index contributed by atoms with van der Waals surface area (Å²) in [6.45, 7) is 9.13. The smallest absolute Gasteiger partial charge is 0.312 e. The number of rotatable bonds is 1. The highest BCUT2D eigenvalue weighted by Gasteiger charge is 2.55. The van der Waals surface area contributed by atoms with Gasteiger partial charge in [0.05, 0.1) is 48.0 Å². The minimum Gasteiger partial charge on any atom is -0.507 e. The molecule has 1 aliphatic carbocycles. The van der Waals surface area contributed by atoms with Gasteiger partial charge in [-0.3, -0.25) is 14.4 Å². The number of methoxy groups -OCH3 is 1. The molecule has 6 bridgehead atoms. The number of fused-ring (bicyclic) bond motifs is 3. The van der Waals surface area contributed by atoms with Crippen LogP contribution in [0.1, 0.15) is 63.4 Å². The summed E-state index contributed by atoms with van der Waals surface area (Å²) in [5, 5.41) is 69.4. The van der Waals surface area contributed by atoms with Gasteiger partial charge in [-0.05, 0) is 32.3 Å². The normalized spacial score (nSPS) is 38.2. The Hall–Kier alpha value is -4.11. The Balaban J connectivity index is 1.50. The summed E-state index contributed by atoms with van der Waals surface area (Å²) in [6, 6.07) is 0. The van der Waals surface area contributed by atoms with Crippen LogP contribution in [0.15, 0.2) is 12.3 Å². The van der Waals surface area contributed by atoms with Crippen molar-refractivity contribution < 1.29 is 64.0 Å². The molecule has 0 unspecified atom stereocenters. The number of aliphatic hydroxyl groups excluding tert-OH is 3. The monoisotopic (exact) mass is 685 g/mol. The number of amides is 1. The Labute approximate surface area is 282 Å². The lowest BCUT2D eigenvalue weighted by molar-refractivity contribution is -0.137. The highest BCUT2D eigenvalue weighted by molar-refractivity contribution is 6.23. The largest absolute Gasteiger partial charge is 0.507 e. The van der Waals surface area contributed by atoms with Crippen LogP contribution in [-0.2, 0) is 19.1 Å². The van der Waals surface area contributed by atoms with Gasteiger partial charge in [0.1, 0.15) is 23.0 Å². The quantitative estimate of drug-likeness (QED) is 0.215. The number of anilines is 1. The van der Waals surface area contributed by atoms with E-state index in [0.29, 0.717) is 6.42 Å². The van der Waals surface area contributed by atoms with E-state index in [0.717, 1.165) is 0 Å². The fraction of sp³-hybridized carbons (Fsp3) is 0.571. The highest BCUT2D eigenvalue weighted by atomic mass is 16.7. The topological polar surface area (TPSA) is 222 Å². The number of carbonyl (C=O) groups is 3. The molecular weight excluding hydrogens is 642 g/mol. The second kappa shape index (κ2) is 11.8. The molecule has 2 aromatic rings. The van der Waals surface area contributed by atoms with Crippen molar-refractivity contribution in [2.45, 2.75) is 90.2 Å². The molecule has 14 nitrogen and oxygen atoms in total. The molecule has 266 valence electrons. The Morgan fingerprint density at radius 2 is 1.49 bits per heavy atom. The number of phenols is 3. The zero-order valence-corrected chi connectivity index (χ0v) is 28.3. The van der Waals surface area contributed by atoms with Gasteiger partial charge in [0, 0.05) is 48.7 Å². The molecule has 1 amide bonds. The third-order valence-corrected chi connectivity index (χ3v) is 11.0. The Morgan fingerprint density at radius 3 is 2.14 bits per heavy atom. The van der Waals surface area contributed by atoms with Gasteiger partial charge in [-0.15, -0.1) is 0 Å². The lowest BCUT2D eigenvalue weighted by Gasteiger charge is -2.36. The molecule has 3 heterocycles. The molecule has 0 radical (unpaired) electrons.